The van der Waals surface area contributed by atoms with Crippen LogP contribution in [-0.4, -0.2) is 13.1 Å². The van der Waals surface area contributed by atoms with Crippen LogP contribution in [0.2, 0.25) is 0 Å². The summed E-state index contributed by atoms with van der Waals surface area (Å²) in [5.41, 5.74) is 0. The van der Waals surface area contributed by atoms with Crippen molar-refractivity contribution in [3.63, 3.8) is 0 Å². The molecule has 0 saturated carbocycles. The zero-order valence-corrected chi connectivity index (χ0v) is 7.71. The van der Waals surface area contributed by atoms with Gasteiger partial charge in [-0.15, -0.1) is 0 Å². The van der Waals surface area contributed by atoms with Crippen LogP contribution < -0.4 is 0 Å². The van der Waals surface area contributed by atoms with E-state index in [0.29, 0.717) is 6.42 Å². The van der Waals surface area contributed by atoms with Crippen LogP contribution in [0.15, 0.2) is 12.2 Å². The van der Waals surface area contributed by atoms with Crippen molar-refractivity contribution in [1.29, 1.82) is 0 Å². The number of rotatable bonds is 6. The summed E-state index contributed by atoms with van der Waals surface area (Å²) >= 11 is 0. The van der Waals surface area contributed by atoms with Gasteiger partial charge in [0.25, 0.3) is 0 Å². The van der Waals surface area contributed by atoms with E-state index in [-0.39, 0.29) is 5.97 Å². The van der Waals surface area contributed by atoms with Gasteiger partial charge in [0.1, 0.15) is 0 Å². The van der Waals surface area contributed by atoms with E-state index >= 15 is 0 Å². The van der Waals surface area contributed by atoms with Crippen LogP contribution in [0.5, 0.6) is 0 Å². The number of methoxy groups -OCH3 is 1. The quantitative estimate of drug-likeness (QED) is 0.347. The number of ether oxygens (including phenoxy) is 1. The number of allylic oxidation sites excluding steroid dienone is 1. The molecular weight excluding hydrogens is 152 g/mol. The topological polar surface area (TPSA) is 26.3 Å². The summed E-state index contributed by atoms with van der Waals surface area (Å²) in [7, 11) is 1.40. The molecule has 0 aromatic heterocycles. The minimum Gasteiger partial charge on any atom is -0.469 e. The Kier molecular flexibility index (Phi) is 7.76. The Labute approximate surface area is 74.6 Å². The summed E-state index contributed by atoms with van der Waals surface area (Å²) in [6.45, 7) is 3.75. The smallest absolute Gasteiger partial charge is 0.309 e. The fraction of sp³-hybridized carbons (Fsp3) is 0.600. The summed E-state index contributed by atoms with van der Waals surface area (Å²) in [4.78, 5) is 10.6. The molecule has 0 N–H and O–H groups in total. The molecule has 0 aliphatic carbocycles. The Morgan fingerprint density at radius 1 is 1.42 bits per heavy atom. The van der Waals surface area contributed by atoms with Gasteiger partial charge in [-0.25, -0.2) is 0 Å². The highest BCUT2D eigenvalue weighted by molar-refractivity contribution is 5.70. The molecule has 0 amide bonds. The molecule has 0 heterocycles. The molecule has 0 fully saturated rings. The lowest BCUT2D eigenvalue weighted by molar-refractivity contribution is -0.139. The average molecular weight is 169 g/mol. The monoisotopic (exact) mass is 169 g/mol. The first kappa shape index (κ1) is 11.2. The first-order valence-electron chi connectivity index (χ1n) is 4.32. The van der Waals surface area contributed by atoms with Crippen LogP contribution in [-0.2, 0) is 9.53 Å². The predicted octanol–water partition coefficient (Wildman–Crippen LogP) is 2.50. The average Bonchev–Trinajstić information content (AvgIpc) is 2.10. The van der Waals surface area contributed by atoms with E-state index in [1.165, 1.54) is 7.11 Å². The molecule has 0 spiro atoms. The Morgan fingerprint density at radius 2 is 2.17 bits per heavy atom. The van der Waals surface area contributed by atoms with Crippen LogP contribution >= 0.6 is 0 Å². The normalized spacial score (nSPS) is 10.5. The molecule has 0 saturated heterocycles. The van der Waals surface area contributed by atoms with Gasteiger partial charge in [-0.3, -0.25) is 4.79 Å². The SMILES string of the molecule is [CH2]CCCCC=CCC(=O)OC. The van der Waals surface area contributed by atoms with E-state index in [0.717, 1.165) is 25.7 Å². The van der Waals surface area contributed by atoms with Crippen LogP contribution in [0, 0.1) is 6.92 Å². The third-order valence-electron chi connectivity index (χ3n) is 1.55. The maximum absolute atomic E-state index is 10.6. The molecule has 0 aromatic carbocycles. The first-order chi connectivity index (χ1) is 5.81. The van der Waals surface area contributed by atoms with Gasteiger partial charge in [-0.1, -0.05) is 31.9 Å². The number of hydrogen-bond acceptors (Lipinski definition) is 2. The van der Waals surface area contributed by atoms with E-state index in [1.54, 1.807) is 0 Å². The summed E-state index contributed by atoms with van der Waals surface area (Å²) in [6, 6.07) is 0. The first-order valence-corrected chi connectivity index (χ1v) is 4.32. The highest BCUT2D eigenvalue weighted by Crippen LogP contribution is 1.99. The number of esters is 1. The van der Waals surface area contributed by atoms with Gasteiger partial charge in [-0.05, 0) is 12.8 Å². The molecule has 69 valence electrons. The molecule has 0 atom stereocenters. The molecule has 2 heteroatoms. The van der Waals surface area contributed by atoms with E-state index in [1.807, 2.05) is 12.2 Å². The van der Waals surface area contributed by atoms with E-state index in [2.05, 4.69) is 11.7 Å². The van der Waals surface area contributed by atoms with Crippen molar-refractivity contribution in [3.8, 4) is 0 Å². The van der Waals surface area contributed by atoms with Crippen molar-refractivity contribution in [3.05, 3.63) is 19.1 Å². The fourth-order valence-corrected chi connectivity index (χ4v) is 0.820. The molecule has 1 radical (unpaired) electrons. The van der Waals surface area contributed by atoms with Crippen LogP contribution in [0.3, 0.4) is 0 Å². The highest BCUT2D eigenvalue weighted by Gasteiger charge is 1.92. The van der Waals surface area contributed by atoms with Crippen molar-refractivity contribution in [1.82, 2.24) is 0 Å². The van der Waals surface area contributed by atoms with Crippen molar-refractivity contribution < 1.29 is 9.53 Å². The standard InChI is InChI=1S/C10H17O2/c1-3-4-5-6-7-8-9-10(11)12-2/h7-8H,1,3-6,9H2,2H3. The fourth-order valence-electron chi connectivity index (χ4n) is 0.820. The van der Waals surface area contributed by atoms with E-state index in [9.17, 15) is 4.79 Å². The number of carbonyl (C=O) groups excluding carboxylic acids is 1. The minimum atomic E-state index is -0.177. The van der Waals surface area contributed by atoms with E-state index in [4.69, 9.17) is 0 Å². The zero-order chi connectivity index (χ0) is 9.23. The van der Waals surface area contributed by atoms with Crippen molar-refractivity contribution in [2.24, 2.45) is 0 Å². The predicted molar refractivity (Wildman–Crippen MR) is 49.6 cm³/mol. The molecule has 0 aliphatic rings. The van der Waals surface area contributed by atoms with Gasteiger partial charge >= 0.3 is 5.97 Å². The zero-order valence-electron chi connectivity index (χ0n) is 7.71. The molecular formula is C10H17O2. The number of carbonyl (C=O) groups is 1. The van der Waals surface area contributed by atoms with Gasteiger partial charge in [0.2, 0.25) is 0 Å². The van der Waals surface area contributed by atoms with Crippen molar-refractivity contribution in [2.45, 2.75) is 32.1 Å². The lowest BCUT2D eigenvalue weighted by atomic mass is 10.2. The summed E-state index contributed by atoms with van der Waals surface area (Å²) < 4.78 is 4.48. The van der Waals surface area contributed by atoms with Crippen LogP contribution in [0.1, 0.15) is 32.1 Å². The largest absolute Gasteiger partial charge is 0.469 e. The van der Waals surface area contributed by atoms with Crippen molar-refractivity contribution in [2.75, 3.05) is 7.11 Å². The second-order valence-electron chi connectivity index (χ2n) is 2.60. The second-order valence-corrected chi connectivity index (χ2v) is 2.60. The summed E-state index contributed by atoms with van der Waals surface area (Å²) in [5, 5.41) is 0. The molecule has 0 bridgehead atoms. The van der Waals surface area contributed by atoms with Crippen molar-refractivity contribution >= 4 is 5.97 Å². The minimum absolute atomic E-state index is 0.177. The van der Waals surface area contributed by atoms with Gasteiger partial charge in [0.05, 0.1) is 13.5 Å². The van der Waals surface area contributed by atoms with Gasteiger partial charge in [0.15, 0.2) is 0 Å². The summed E-state index contributed by atoms with van der Waals surface area (Å²) in [5.74, 6) is -0.177. The van der Waals surface area contributed by atoms with Crippen LogP contribution in [0.4, 0.5) is 0 Å². The molecule has 0 aliphatic heterocycles. The van der Waals surface area contributed by atoms with Gasteiger partial charge in [-0.2, -0.15) is 0 Å². The Balaban J connectivity index is 3.19. The third kappa shape index (κ3) is 7.32. The maximum Gasteiger partial charge on any atom is 0.309 e. The summed E-state index contributed by atoms with van der Waals surface area (Å²) in [6.07, 6.45) is 8.60. The molecule has 12 heavy (non-hydrogen) atoms. The lowest BCUT2D eigenvalue weighted by Crippen LogP contribution is -1.96. The number of hydrogen-bond donors (Lipinski definition) is 0. The Bertz CT molecular complexity index is 139. The number of unbranched alkanes of at least 4 members (excludes halogenated alkanes) is 3. The Hall–Kier alpha value is -0.790. The lowest BCUT2D eigenvalue weighted by Gasteiger charge is -1.93. The van der Waals surface area contributed by atoms with Gasteiger partial charge < -0.3 is 4.74 Å². The van der Waals surface area contributed by atoms with E-state index < -0.39 is 0 Å². The highest BCUT2D eigenvalue weighted by atomic mass is 16.5. The molecule has 0 rings (SSSR count). The molecule has 2 nitrogen and oxygen atoms in total. The maximum atomic E-state index is 10.6. The Morgan fingerprint density at radius 3 is 2.75 bits per heavy atom. The van der Waals surface area contributed by atoms with Gasteiger partial charge in [0, 0.05) is 0 Å². The molecule has 0 unspecified atom stereocenters. The van der Waals surface area contributed by atoms with Crippen LogP contribution in [0.25, 0.3) is 0 Å². The third-order valence-corrected chi connectivity index (χ3v) is 1.55. The molecule has 0 aromatic rings. The second kappa shape index (κ2) is 8.31.